The average molecular weight is 521 g/mol. The van der Waals surface area contributed by atoms with Crippen molar-refractivity contribution in [3.63, 3.8) is 0 Å². The van der Waals surface area contributed by atoms with E-state index >= 15 is 0 Å². The lowest BCUT2D eigenvalue weighted by molar-refractivity contribution is -0.114. The monoisotopic (exact) mass is 520 g/mol. The van der Waals surface area contributed by atoms with Gasteiger partial charge in [0.15, 0.2) is 0 Å². The van der Waals surface area contributed by atoms with Crippen LogP contribution in [0.4, 0.5) is 4.79 Å². The largest absolute Gasteiger partial charge is 0.378 e. The third-order valence-corrected chi connectivity index (χ3v) is 9.61. The van der Waals surface area contributed by atoms with Crippen LogP contribution in [-0.2, 0) is 15.1 Å². The molecule has 0 unspecified atom stereocenters. The Morgan fingerprint density at radius 2 is 1.79 bits per heavy atom. The van der Waals surface area contributed by atoms with E-state index in [9.17, 15) is 9.59 Å². The molecule has 1 heterocycles. The Labute approximate surface area is 228 Å². The molecule has 4 rings (SSSR count). The molecule has 2 saturated carbocycles. The molecule has 1 spiro atoms. The van der Waals surface area contributed by atoms with Crippen LogP contribution in [0, 0.1) is 0 Å². The van der Waals surface area contributed by atoms with E-state index in [4.69, 9.17) is 10.5 Å². The fraction of sp³-hybridized carbons (Fsp3) is 0.548. The van der Waals surface area contributed by atoms with Crippen molar-refractivity contribution in [1.29, 1.82) is 0 Å². The number of amides is 3. The van der Waals surface area contributed by atoms with Crippen LogP contribution in [0.15, 0.2) is 66.4 Å². The van der Waals surface area contributed by atoms with Crippen LogP contribution in [0.1, 0.15) is 63.9 Å². The van der Waals surface area contributed by atoms with Crippen molar-refractivity contribution in [3.8, 4) is 0 Å². The lowest BCUT2D eigenvalue weighted by atomic mass is 9.68. The van der Waals surface area contributed by atoms with Crippen molar-refractivity contribution < 1.29 is 14.3 Å². The molecular formula is C31H44N4O3. The molecule has 1 saturated heterocycles. The molecule has 2 aliphatic carbocycles. The van der Waals surface area contributed by atoms with Crippen LogP contribution >= 0.6 is 0 Å². The molecule has 3 aliphatic rings. The quantitative estimate of drug-likeness (QED) is 0.350. The number of methoxy groups -OCH3 is 1. The number of primary amides is 1. The zero-order valence-corrected chi connectivity index (χ0v) is 23.5. The van der Waals surface area contributed by atoms with E-state index in [1.807, 2.05) is 6.92 Å². The van der Waals surface area contributed by atoms with Crippen LogP contribution in [0.3, 0.4) is 0 Å². The summed E-state index contributed by atoms with van der Waals surface area (Å²) >= 11 is 0. The third kappa shape index (κ3) is 4.94. The summed E-state index contributed by atoms with van der Waals surface area (Å²) in [4.78, 5) is 32.6. The highest BCUT2D eigenvalue weighted by Crippen LogP contribution is 2.50. The summed E-state index contributed by atoms with van der Waals surface area (Å²) in [6, 6.07) is 10.7. The highest BCUT2D eigenvalue weighted by Gasteiger charge is 2.55. The second kappa shape index (κ2) is 11.1. The number of ether oxygens (including phenoxy) is 1. The normalized spacial score (nSPS) is 27.7. The second-order valence-corrected chi connectivity index (χ2v) is 11.5. The van der Waals surface area contributed by atoms with Gasteiger partial charge in [-0.15, -0.1) is 0 Å². The van der Waals surface area contributed by atoms with Gasteiger partial charge in [-0.05, 0) is 84.0 Å². The molecule has 1 aromatic carbocycles. The maximum absolute atomic E-state index is 14.1. The number of rotatable bonds is 10. The molecule has 0 aromatic heterocycles. The molecule has 38 heavy (non-hydrogen) atoms. The predicted octanol–water partition coefficient (Wildman–Crippen LogP) is 4.95. The fourth-order valence-corrected chi connectivity index (χ4v) is 6.82. The van der Waals surface area contributed by atoms with E-state index in [1.54, 1.807) is 30.2 Å². The van der Waals surface area contributed by atoms with Crippen molar-refractivity contribution >= 4 is 11.9 Å². The SMILES string of the molecule is C=C/C=C\C(C(N)=O)=C(/C)N1CC2(CCC(c3ccccc3)(N(C)C)CC2)N(CCC2(OC)CCC2)C1=O. The Kier molecular flexibility index (Phi) is 8.19. The maximum atomic E-state index is 14.1. The van der Waals surface area contributed by atoms with Crippen LogP contribution in [-0.4, -0.2) is 72.1 Å². The lowest BCUT2D eigenvalue weighted by Gasteiger charge is -2.51. The molecule has 206 valence electrons. The average Bonchev–Trinajstić information content (AvgIpc) is 3.15. The molecule has 7 nitrogen and oxygen atoms in total. The van der Waals surface area contributed by atoms with Gasteiger partial charge >= 0.3 is 6.03 Å². The number of benzene rings is 1. The van der Waals surface area contributed by atoms with E-state index in [1.165, 1.54) is 12.0 Å². The number of hydrogen-bond acceptors (Lipinski definition) is 4. The highest BCUT2D eigenvalue weighted by atomic mass is 16.5. The molecule has 3 amide bonds. The summed E-state index contributed by atoms with van der Waals surface area (Å²) < 4.78 is 5.91. The van der Waals surface area contributed by atoms with Gasteiger partial charge in [0.05, 0.1) is 23.3 Å². The number of urea groups is 1. The molecule has 7 heteroatoms. The maximum Gasteiger partial charge on any atom is 0.324 e. The number of hydrogen-bond donors (Lipinski definition) is 1. The smallest absolute Gasteiger partial charge is 0.324 e. The Morgan fingerprint density at radius 3 is 2.29 bits per heavy atom. The molecule has 0 atom stereocenters. The van der Waals surface area contributed by atoms with E-state index in [0.717, 1.165) is 44.9 Å². The summed E-state index contributed by atoms with van der Waals surface area (Å²) in [5.41, 5.74) is 7.48. The summed E-state index contributed by atoms with van der Waals surface area (Å²) in [6.45, 7) is 6.72. The molecule has 2 N–H and O–H groups in total. The fourth-order valence-electron chi connectivity index (χ4n) is 6.82. The first kappa shape index (κ1) is 28.1. The molecule has 0 radical (unpaired) electrons. The van der Waals surface area contributed by atoms with Crippen LogP contribution in [0.5, 0.6) is 0 Å². The first-order valence-corrected chi connectivity index (χ1v) is 13.8. The summed E-state index contributed by atoms with van der Waals surface area (Å²) in [6.07, 6.45) is 12.6. The minimum Gasteiger partial charge on any atom is -0.378 e. The number of nitrogens with two attached hydrogens (primary N) is 1. The second-order valence-electron chi connectivity index (χ2n) is 11.5. The van der Waals surface area contributed by atoms with Crippen LogP contribution in [0.2, 0.25) is 0 Å². The zero-order valence-electron chi connectivity index (χ0n) is 23.5. The Balaban J connectivity index is 1.68. The minimum atomic E-state index is -0.548. The summed E-state index contributed by atoms with van der Waals surface area (Å²) in [7, 11) is 6.11. The van der Waals surface area contributed by atoms with E-state index in [2.05, 4.69) is 60.8 Å². The van der Waals surface area contributed by atoms with E-state index in [0.29, 0.717) is 24.4 Å². The molecule has 1 aliphatic heterocycles. The van der Waals surface area contributed by atoms with Crippen molar-refractivity contribution in [2.24, 2.45) is 5.73 Å². The number of carbonyl (C=O) groups excluding carboxylic acids is 2. The summed E-state index contributed by atoms with van der Waals surface area (Å²) in [5.74, 6) is -0.548. The number of nitrogens with zero attached hydrogens (tertiary/aromatic N) is 3. The van der Waals surface area contributed by atoms with Gasteiger partial charge in [0.25, 0.3) is 0 Å². The molecule has 1 aromatic rings. The Morgan fingerprint density at radius 1 is 1.13 bits per heavy atom. The van der Waals surface area contributed by atoms with E-state index < -0.39 is 5.91 Å². The Hall–Kier alpha value is -2.90. The lowest BCUT2D eigenvalue weighted by Crippen LogP contribution is -2.56. The van der Waals surface area contributed by atoms with Gasteiger partial charge < -0.3 is 15.4 Å². The van der Waals surface area contributed by atoms with Gasteiger partial charge in [0.1, 0.15) is 0 Å². The highest BCUT2D eigenvalue weighted by molar-refractivity contribution is 5.96. The standard InChI is InChI=1S/C31H44N4O3/c1-6-7-14-26(27(32)36)24(2)34-23-29(35(28(34)37)22-21-30(38-5)15-11-16-30)17-19-31(20-18-29,33(3)4)25-12-9-8-10-13-25/h6-10,12-14H,1,11,15-23H2,2-5H3,(H2,32,36)/b14-7-,26-24-. The summed E-state index contributed by atoms with van der Waals surface area (Å²) in [5, 5.41) is 0. The Bertz CT molecular complexity index is 1090. The molecular weight excluding hydrogens is 476 g/mol. The molecule has 0 bridgehead atoms. The number of carbonyl (C=O) groups is 2. The predicted molar refractivity (Wildman–Crippen MR) is 151 cm³/mol. The first-order valence-electron chi connectivity index (χ1n) is 13.8. The van der Waals surface area contributed by atoms with Crippen LogP contribution < -0.4 is 5.73 Å². The van der Waals surface area contributed by atoms with Gasteiger partial charge in [-0.2, -0.15) is 0 Å². The van der Waals surface area contributed by atoms with Crippen molar-refractivity contribution in [1.82, 2.24) is 14.7 Å². The van der Waals surface area contributed by atoms with Crippen molar-refractivity contribution in [3.05, 3.63) is 72.0 Å². The van der Waals surface area contributed by atoms with Crippen molar-refractivity contribution in [2.45, 2.75) is 75.0 Å². The minimum absolute atomic E-state index is 0.0455. The van der Waals surface area contributed by atoms with Crippen molar-refractivity contribution in [2.75, 3.05) is 34.3 Å². The topological polar surface area (TPSA) is 79.1 Å². The van der Waals surface area contributed by atoms with Gasteiger partial charge in [-0.25, -0.2) is 4.79 Å². The number of allylic oxidation sites excluding steroid dienone is 3. The van der Waals surface area contributed by atoms with Gasteiger partial charge in [0, 0.05) is 24.9 Å². The third-order valence-electron chi connectivity index (χ3n) is 9.61. The van der Waals surface area contributed by atoms with Gasteiger partial charge in [0.2, 0.25) is 5.91 Å². The van der Waals surface area contributed by atoms with E-state index in [-0.39, 0.29) is 22.7 Å². The van der Waals surface area contributed by atoms with Gasteiger partial charge in [-0.1, -0.05) is 49.1 Å². The zero-order chi connectivity index (χ0) is 27.6. The first-order chi connectivity index (χ1) is 18.1. The molecule has 3 fully saturated rings. The van der Waals surface area contributed by atoms with Gasteiger partial charge in [-0.3, -0.25) is 14.6 Å². The van der Waals surface area contributed by atoms with Crippen LogP contribution in [0.25, 0.3) is 0 Å².